The molecule has 0 amide bonds. The van der Waals surface area contributed by atoms with Gasteiger partial charge in [-0.05, 0) is 34.9 Å². The van der Waals surface area contributed by atoms with E-state index in [1.807, 2.05) is 72.8 Å². The van der Waals surface area contributed by atoms with E-state index in [2.05, 4.69) is 4.98 Å². The summed E-state index contributed by atoms with van der Waals surface area (Å²) in [6.07, 6.45) is 1.92. The standard InChI is InChI=1S/C20H14N2O/c21-14-17-11-12-18(22-20(17)23)13-19(15-7-3-1-4-8-15)16-9-5-2-6-10-16/h1-13H,(H,22,23). The van der Waals surface area contributed by atoms with Gasteiger partial charge in [-0.1, -0.05) is 60.7 Å². The SMILES string of the molecule is N#Cc1ccc(C=C(c2ccccc2)c2ccccc2)[nH]c1=O. The normalized spacial score (nSPS) is 9.87. The zero-order valence-electron chi connectivity index (χ0n) is 12.4. The Morgan fingerprint density at radius 3 is 1.91 bits per heavy atom. The van der Waals surface area contributed by atoms with Gasteiger partial charge in [-0.2, -0.15) is 5.26 Å². The summed E-state index contributed by atoms with van der Waals surface area (Å²) in [6.45, 7) is 0. The molecule has 3 nitrogen and oxygen atoms in total. The first-order chi connectivity index (χ1) is 11.3. The number of aromatic amines is 1. The Morgan fingerprint density at radius 1 is 0.870 bits per heavy atom. The number of hydrogen-bond acceptors (Lipinski definition) is 2. The molecule has 1 N–H and O–H groups in total. The van der Waals surface area contributed by atoms with Gasteiger partial charge in [0.25, 0.3) is 5.56 Å². The molecule has 0 saturated heterocycles. The van der Waals surface area contributed by atoms with Gasteiger partial charge in [0.15, 0.2) is 0 Å². The molecule has 1 aromatic heterocycles. The smallest absolute Gasteiger partial charge is 0.266 e. The Kier molecular flexibility index (Phi) is 4.17. The lowest BCUT2D eigenvalue weighted by molar-refractivity contribution is 1.19. The fourth-order valence-corrected chi connectivity index (χ4v) is 2.39. The minimum atomic E-state index is -0.373. The van der Waals surface area contributed by atoms with Crippen molar-refractivity contribution in [2.45, 2.75) is 0 Å². The molecular formula is C20H14N2O. The van der Waals surface area contributed by atoms with Crippen LogP contribution in [0.5, 0.6) is 0 Å². The maximum Gasteiger partial charge on any atom is 0.266 e. The van der Waals surface area contributed by atoms with Crippen LogP contribution in [0.4, 0.5) is 0 Å². The number of aromatic nitrogens is 1. The highest BCUT2D eigenvalue weighted by atomic mass is 16.1. The molecule has 110 valence electrons. The number of nitrogens with one attached hydrogen (secondary N) is 1. The zero-order valence-corrected chi connectivity index (χ0v) is 12.4. The van der Waals surface area contributed by atoms with E-state index in [1.54, 1.807) is 6.07 Å². The molecule has 0 aliphatic carbocycles. The molecule has 3 rings (SSSR count). The average molecular weight is 298 g/mol. The van der Waals surface area contributed by atoms with E-state index >= 15 is 0 Å². The summed E-state index contributed by atoms with van der Waals surface area (Å²) in [6, 6.07) is 25.1. The van der Waals surface area contributed by atoms with Crippen LogP contribution in [0.2, 0.25) is 0 Å². The van der Waals surface area contributed by atoms with Crippen molar-refractivity contribution in [3.8, 4) is 6.07 Å². The van der Waals surface area contributed by atoms with E-state index in [1.165, 1.54) is 6.07 Å². The quantitative estimate of drug-likeness (QED) is 0.798. The summed E-state index contributed by atoms with van der Waals surface area (Å²) < 4.78 is 0. The minimum Gasteiger partial charge on any atom is -0.321 e. The lowest BCUT2D eigenvalue weighted by atomic mass is 9.97. The predicted octanol–water partition coefficient (Wildman–Crippen LogP) is 3.84. The van der Waals surface area contributed by atoms with Crippen LogP contribution < -0.4 is 5.56 Å². The van der Waals surface area contributed by atoms with E-state index in [0.29, 0.717) is 5.69 Å². The number of rotatable bonds is 3. The highest BCUT2D eigenvalue weighted by Crippen LogP contribution is 2.25. The van der Waals surface area contributed by atoms with E-state index in [4.69, 9.17) is 5.26 Å². The third-order valence-electron chi connectivity index (χ3n) is 3.52. The molecule has 3 heteroatoms. The molecular weight excluding hydrogens is 284 g/mol. The first-order valence-corrected chi connectivity index (χ1v) is 7.24. The number of hydrogen-bond donors (Lipinski definition) is 1. The van der Waals surface area contributed by atoms with Gasteiger partial charge in [-0.15, -0.1) is 0 Å². The number of H-pyrrole nitrogens is 1. The molecule has 0 aliphatic rings. The lowest BCUT2D eigenvalue weighted by Crippen LogP contribution is -2.10. The minimum absolute atomic E-state index is 0.114. The molecule has 2 aromatic carbocycles. The van der Waals surface area contributed by atoms with Gasteiger partial charge in [0, 0.05) is 5.69 Å². The summed E-state index contributed by atoms with van der Waals surface area (Å²) in [4.78, 5) is 14.6. The van der Waals surface area contributed by atoms with Crippen molar-refractivity contribution in [3.63, 3.8) is 0 Å². The lowest BCUT2D eigenvalue weighted by Gasteiger charge is -2.09. The fraction of sp³-hybridized carbons (Fsp3) is 0. The topological polar surface area (TPSA) is 56.6 Å². The van der Waals surface area contributed by atoms with E-state index in [0.717, 1.165) is 16.7 Å². The monoisotopic (exact) mass is 298 g/mol. The van der Waals surface area contributed by atoms with E-state index in [9.17, 15) is 4.79 Å². The van der Waals surface area contributed by atoms with Crippen LogP contribution in [0.25, 0.3) is 11.6 Å². The fourth-order valence-electron chi connectivity index (χ4n) is 2.39. The van der Waals surface area contributed by atoms with Gasteiger partial charge in [0.05, 0.1) is 0 Å². The maximum atomic E-state index is 11.8. The summed E-state index contributed by atoms with van der Waals surface area (Å²) in [7, 11) is 0. The molecule has 0 atom stereocenters. The molecule has 0 bridgehead atoms. The van der Waals surface area contributed by atoms with Crippen molar-refractivity contribution < 1.29 is 0 Å². The maximum absolute atomic E-state index is 11.8. The second-order valence-electron chi connectivity index (χ2n) is 5.06. The second kappa shape index (κ2) is 6.59. The number of nitrogens with zero attached hydrogens (tertiary/aromatic N) is 1. The van der Waals surface area contributed by atoms with Crippen molar-refractivity contribution in [3.05, 3.63) is 106 Å². The Bertz CT molecular complexity index is 891. The number of pyridine rings is 1. The largest absolute Gasteiger partial charge is 0.321 e. The number of nitriles is 1. The van der Waals surface area contributed by atoms with Crippen LogP contribution >= 0.6 is 0 Å². The van der Waals surface area contributed by atoms with Crippen LogP contribution in [0.3, 0.4) is 0 Å². The summed E-state index contributed by atoms with van der Waals surface area (Å²) in [5.74, 6) is 0. The second-order valence-corrected chi connectivity index (χ2v) is 5.06. The molecule has 3 aromatic rings. The van der Waals surface area contributed by atoms with Crippen molar-refractivity contribution in [1.29, 1.82) is 5.26 Å². The van der Waals surface area contributed by atoms with Crippen molar-refractivity contribution in [2.75, 3.05) is 0 Å². The van der Waals surface area contributed by atoms with Crippen molar-refractivity contribution >= 4 is 11.6 Å². The Hall–Kier alpha value is -3.38. The first-order valence-electron chi connectivity index (χ1n) is 7.24. The molecule has 0 spiro atoms. The van der Waals surface area contributed by atoms with Crippen LogP contribution in [0, 0.1) is 11.3 Å². The molecule has 0 fully saturated rings. The average Bonchev–Trinajstić information content (AvgIpc) is 2.61. The van der Waals surface area contributed by atoms with Gasteiger partial charge in [-0.3, -0.25) is 4.79 Å². The molecule has 0 unspecified atom stereocenters. The van der Waals surface area contributed by atoms with Crippen LogP contribution in [0.1, 0.15) is 22.4 Å². The molecule has 23 heavy (non-hydrogen) atoms. The van der Waals surface area contributed by atoms with Gasteiger partial charge in [0.2, 0.25) is 0 Å². The van der Waals surface area contributed by atoms with Crippen molar-refractivity contribution in [2.24, 2.45) is 0 Å². The predicted molar refractivity (Wildman–Crippen MR) is 91.6 cm³/mol. The highest BCUT2D eigenvalue weighted by molar-refractivity contribution is 5.90. The molecule has 0 radical (unpaired) electrons. The van der Waals surface area contributed by atoms with Gasteiger partial charge in [-0.25, -0.2) is 0 Å². The zero-order chi connectivity index (χ0) is 16.1. The van der Waals surface area contributed by atoms with E-state index in [-0.39, 0.29) is 11.1 Å². The highest BCUT2D eigenvalue weighted by Gasteiger charge is 2.06. The van der Waals surface area contributed by atoms with Gasteiger partial charge >= 0.3 is 0 Å². The van der Waals surface area contributed by atoms with Gasteiger partial charge < -0.3 is 4.98 Å². The van der Waals surface area contributed by atoms with Crippen LogP contribution in [-0.4, -0.2) is 4.98 Å². The Labute approximate surface area is 134 Å². The summed E-state index contributed by atoms with van der Waals surface area (Å²) in [5.41, 5.74) is 3.53. The third kappa shape index (κ3) is 3.28. The third-order valence-corrected chi connectivity index (χ3v) is 3.52. The van der Waals surface area contributed by atoms with Crippen LogP contribution in [-0.2, 0) is 0 Å². The van der Waals surface area contributed by atoms with Crippen LogP contribution in [0.15, 0.2) is 77.6 Å². The molecule has 0 aliphatic heterocycles. The molecule has 0 saturated carbocycles. The van der Waals surface area contributed by atoms with E-state index < -0.39 is 0 Å². The van der Waals surface area contributed by atoms with Gasteiger partial charge in [0.1, 0.15) is 11.6 Å². The summed E-state index contributed by atoms with van der Waals surface area (Å²) >= 11 is 0. The Balaban J connectivity index is 2.14. The Morgan fingerprint density at radius 2 is 1.43 bits per heavy atom. The number of benzene rings is 2. The van der Waals surface area contributed by atoms with Crippen molar-refractivity contribution in [1.82, 2.24) is 4.98 Å². The summed E-state index contributed by atoms with van der Waals surface area (Å²) in [5, 5.41) is 8.86. The first kappa shape index (κ1) is 14.6. The molecule has 1 heterocycles.